The van der Waals surface area contributed by atoms with Crippen LogP contribution in [0.3, 0.4) is 0 Å². The van der Waals surface area contributed by atoms with Gasteiger partial charge in [0.1, 0.15) is 6.29 Å². The fourth-order valence-electron chi connectivity index (χ4n) is 1.47. The van der Waals surface area contributed by atoms with E-state index in [1.807, 2.05) is 24.3 Å². The smallest absolute Gasteiger partial charge is 0.184 e. The van der Waals surface area contributed by atoms with Gasteiger partial charge in [0.05, 0.1) is 13.2 Å². The number of benzene rings is 1. The summed E-state index contributed by atoms with van der Waals surface area (Å²) in [7, 11) is 0. The highest BCUT2D eigenvalue weighted by Crippen LogP contribution is 2.23. The van der Waals surface area contributed by atoms with Crippen LogP contribution in [0.4, 0.5) is 0 Å². The number of hydrogen-bond acceptors (Lipinski definition) is 3. The van der Waals surface area contributed by atoms with Crippen LogP contribution in [0.25, 0.3) is 6.08 Å². The quantitative estimate of drug-likeness (QED) is 0.557. The van der Waals surface area contributed by atoms with Crippen molar-refractivity contribution in [3.8, 4) is 0 Å². The third kappa shape index (κ3) is 2.52. The Morgan fingerprint density at radius 1 is 1.13 bits per heavy atom. The minimum Gasteiger partial charge on any atom is -0.346 e. The van der Waals surface area contributed by atoms with Gasteiger partial charge in [-0.25, -0.2) is 0 Å². The number of ether oxygens (including phenoxy) is 2. The van der Waals surface area contributed by atoms with Crippen molar-refractivity contribution in [2.45, 2.75) is 6.29 Å². The molecule has 0 saturated carbocycles. The molecule has 1 fully saturated rings. The molecule has 0 N–H and O–H groups in total. The molecule has 15 heavy (non-hydrogen) atoms. The van der Waals surface area contributed by atoms with Gasteiger partial charge in [0, 0.05) is 5.56 Å². The molecule has 0 unspecified atom stereocenters. The third-order valence-corrected chi connectivity index (χ3v) is 2.20. The summed E-state index contributed by atoms with van der Waals surface area (Å²) in [5.41, 5.74) is 2.00. The number of carbonyl (C=O) groups is 1. The Hall–Kier alpha value is -1.45. The summed E-state index contributed by atoms with van der Waals surface area (Å²) in [4.78, 5) is 10.1. The van der Waals surface area contributed by atoms with Crippen molar-refractivity contribution in [2.75, 3.05) is 13.2 Å². The van der Waals surface area contributed by atoms with Crippen LogP contribution < -0.4 is 0 Å². The Morgan fingerprint density at radius 2 is 1.80 bits per heavy atom. The van der Waals surface area contributed by atoms with Crippen molar-refractivity contribution in [2.24, 2.45) is 0 Å². The lowest BCUT2D eigenvalue weighted by atomic mass is 10.1. The lowest BCUT2D eigenvalue weighted by Crippen LogP contribution is -1.97. The van der Waals surface area contributed by atoms with Crippen LogP contribution in [0.5, 0.6) is 0 Å². The van der Waals surface area contributed by atoms with E-state index in [2.05, 4.69) is 0 Å². The maximum Gasteiger partial charge on any atom is 0.184 e. The van der Waals surface area contributed by atoms with Gasteiger partial charge in [-0.1, -0.05) is 30.3 Å². The van der Waals surface area contributed by atoms with Gasteiger partial charge in [-0.15, -0.1) is 0 Å². The molecule has 1 aromatic carbocycles. The van der Waals surface area contributed by atoms with Crippen LogP contribution >= 0.6 is 0 Å². The number of carbonyl (C=O) groups excluding carboxylic acids is 1. The van der Waals surface area contributed by atoms with Gasteiger partial charge in [0.25, 0.3) is 0 Å². The van der Waals surface area contributed by atoms with E-state index in [1.54, 1.807) is 6.08 Å². The minimum atomic E-state index is -0.228. The van der Waals surface area contributed by atoms with Gasteiger partial charge in [-0.05, 0) is 11.6 Å². The van der Waals surface area contributed by atoms with Crippen LogP contribution in [0.1, 0.15) is 17.4 Å². The zero-order valence-corrected chi connectivity index (χ0v) is 8.26. The Bertz CT molecular complexity index is 348. The average molecular weight is 204 g/mol. The van der Waals surface area contributed by atoms with Crippen LogP contribution in [0.2, 0.25) is 0 Å². The molecule has 2 rings (SSSR count). The third-order valence-electron chi connectivity index (χ3n) is 2.20. The molecule has 1 heterocycles. The first-order chi connectivity index (χ1) is 7.40. The summed E-state index contributed by atoms with van der Waals surface area (Å²) >= 11 is 0. The predicted octanol–water partition coefficient (Wildman–Crippen LogP) is 1.94. The van der Waals surface area contributed by atoms with E-state index < -0.39 is 0 Å². The topological polar surface area (TPSA) is 35.5 Å². The number of aldehydes is 1. The maximum absolute atomic E-state index is 10.1. The van der Waals surface area contributed by atoms with Crippen LogP contribution in [-0.2, 0) is 14.3 Å². The molecule has 1 aromatic rings. The van der Waals surface area contributed by atoms with E-state index in [-0.39, 0.29) is 6.29 Å². The standard InChI is InChI=1S/C12H12O3/c13-7-1-2-10-3-5-11(6-4-10)12-14-8-9-15-12/h1-7,12H,8-9H2. The Balaban J connectivity index is 2.09. The molecule has 3 nitrogen and oxygen atoms in total. The summed E-state index contributed by atoms with van der Waals surface area (Å²) in [6.07, 6.45) is 3.76. The second-order valence-corrected chi connectivity index (χ2v) is 3.24. The first-order valence-corrected chi connectivity index (χ1v) is 4.85. The van der Waals surface area contributed by atoms with Gasteiger partial charge >= 0.3 is 0 Å². The molecule has 0 spiro atoms. The van der Waals surface area contributed by atoms with E-state index in [4.69, 9.17) is 9.47 Å². The molecular weight excluding hydrogens is 192 g/mol. The molecule has 1 aliphatic rings. The second kappa shape index (κ2) is 4.87. The predicted molar refractivity (Wildman–Crippen MR) is 56.2 cm³/mol. The molecule has 0 atom stereocenters. The SMILES string of the molecule is O=CC=Cc1ccc(C2OCCO2)cc1. The summed E-state index contributed by atoms with van der Waals surface area (Å²) in [5, 5.41) is 0. The van der Waals surface area contributed by atoms with Gasteiger partial charge < -0.3 is 9.47 Å². The number of allylic oxidation sites excluding steroid dienone is 1. The zero-order chi connectivity index (χ0) is 10.5. The van der Waals surface area contributed by atoms with Gasteiger partial charge in [-0.2, -0.15) is 0 Å². The molecule has 0 aromatic heterocycles. The van der Waals surface area contributed by atoms with Crippen LogP contribution in [0.15, 0.2) is 30.3 Å². The average Bonchev–Trinajstić information content (AvgIpc) is 2.80. The summed E-state index contributed by atoms with van der Waals surface area (Å²) in [6.45, 7) is 1.30. The largest absolute Gasteiger partial charge is 0.346 e. The van der Waals surface area contributed by atoms with Crippen molar-refractivity contribution in [1.29, 1.82) is 0 Å². The van der Waals surface area contributed by atoms with E-state index in [1.165, 1.54) is 6.08 Å². The first kappa shape index (κ1) is 10.1. The number of rotatable bonds is 3. The molecule has 1 saturated heterocycles. The lowest BCUT2D eigenvalue weighted by molar-refractivity contribution is -0.104. The van der Waals surface area contributed by atoms with Crippen LogP contribution in [0, 0.1) is 0 Å². The lowest BCUT2D eigenvalue weighted by Gasteiger charge is -2.08. The van der Waals surface area contributed by atoms with Crippen molar-refractivity contribution in [3.05, 3.63) is 41.5 Å². The molecule has 0 radical (unpaired) electrons. The highest BCUT2D eigenvalue weighted by molar-refractivity contribution is 5.73. The van der Waals surface area contributed by atoms with E-state index >= 15 is 0 Å². The van der Waals surface area contributed by atoms with Crippen molar-refractivity contribution >= 4 is 12.4 Å². The molecule has 3 heteroatoms. The molecular formula is C12H12O3. The fourth-order valence-corrected chi connectivity index (χ4v) is 1.47. The van der Waals surface area contributed by atoms with E-state index in [9.17, 15) is 4.79 Å². The van der Waals surface area contributed by atoms with Crippen molar-refractivity contribution < 1.29 is 14.3 Å². The normalized spacial score (nSPS) is 17.3. The van der Waals surface area contributed by atoms with E-state index in [0.29, 0.717) is 13.2 Å². The van der Waals surface area contributed by atoms with Gasteiger partial charge in [0.2, 0.25) is 0 Å². The van der Waals surface area contributed by atoms with Crippen molar-refractivity contribution in [3.63, 3.8) is 0 Å². The first-order valence-electron chi connectivity index (χ1n) is 4.85. The fraction of sp³-hybridized carbons (Fsp3) is 0.250. The van der Waals surface area contributed by atoms with Gasteiger partial charge in [-0.3, -0.25) is 4.79 Å². The molecule has 1 aliphatic heterocycles. The number of hydrogen-bond donors (Lipinski definition) is 0. The molecule has 0 amide bonds. The molecule has 0 aliphatic carbocycles. The monoisotopic (exact) mass is 204 g/mol. The Labute approximate surface area is 88.3 Å². The summed E-state index contributed by atoms with van der Waals surface area (Å²) in [5.74, 6) is 0. The molecule has 0 bridgehead atoms. The van der Waals surface area contributed by atoms with Crippen molar-refractivity contribution in [1.82, 2.24) is 0 Å². The Kier molecular flexibility index (Phi) is 3.27. The summed E-state index contributed by atoms with van der Waals surface area (Å²) < 4.78 is 10.7. The summed E-state index contributed by atoms with van der Waals surface area (Å²) in [6, 6.07) is 7.75. The zero-order valence-electron chi connectivity index (χ0n) is 8.26. The Morgan fingerprint density at radius 3 is 2.40 bits per heavy atom. The maximum atomic E-state index is 10.1. The van der Waals surface area contributed by atoms with Crippen LogP contribution in [-0.4, -0.2) is 19.5 Å². The second-order valence-electron chi connectivity index (χ2n) is 3.24. The van der Waals surface area contributed by atoms with Gasteiger partial charge in [0.15, 0.2) is 6.29 Å². The van der Waals surface area contributed by atoms with E-state index in [0.717, 1.165) is 17.4 Å². The highest BCUT2D eigenvalue weighted by Gasteiger charge is 2.17. The minimum absolute atomic E-state index is 0.228. The molecule has 78 valence electrons. The highest BCUT2D eigenvalue weighted by atomic mass is 16.7.